The average molecular weight is 208 g/mol. The van der Waals surface area contributed by atoms with Crippen LogP contribution in [0.5, 0.6) is 0 Å². The van der Waals surface area contributed by atoms with E-state index in [1.54, 1.807) is 0 Å². The SMILES string of the molecule is CC(C)(C)c1ccccc1CCCS. The molecular formula is C13H20S. The van der Waals surface area contributed by atoms with Crippen molar-refractivity contribution in [3.63, 3.8) is 0 Å². The van der Waals surface area contributed by atoms with Crippen LogP contribution in [0.25, 0.3) is 0 Å². The summed E-state index contributed by atoms with van der Waals surface area (Å²) in [5.74, 6) is 0.971. The van der Waals surface area contributed by atoms with Gasteiger partial charge in [-0.05, 0) is 35.1 Å². The summed E-state index contributed by atoms with van der Waals surface area (Å²) in [6.45, 7) is 6.81. The molecule has 1 heteroatoms. The molecule has 0 bridgehead atoms. The van der Waals surface area contributed by atoms with Crippen LogP contribution in [0.3, 0.4) is 0 Å². The highest BCUT2D eigenvalue weighted by atomic mass is 32.1. The van der Waals surface area contributed by atoms with Crippen LogP contribution >= 0.6 is 12.6 Å². The first-order valence-electron chi connectivity index (χ1n) is 5.25. The molecule has 0 unspecified atom stereocenters. The summed E-state index contributed by atoms with van der Waals surface area (Å²) in [7, 11) is 0. The van der Waals surface area contributed by atoms with Gasteiger partial charge in [0.15, 0.2) is 0 Å². The van der Waals surface area contributed by atoms with Gasteiger partial charge in [-0.2, -0.15) is 12.6 Å². The van der Waals surface area contributed by atoms with Crippen molar-refractivity contribution in [2.45, 2.75) is 39.0 Å². The normalized spacial score (nSPS) is 11.7. The van der Waals surface area contributed by atoms with E-state index in [1.165, 1.54) is 11.1 Å². The summed E-state index contributed by atoms with van der Waals surface area (Å²) in [5, 5.41) is 0. The van der Waals surface area contributed by atoms with Crippen molar-refractivity contribution in [2.24, 2.45) is 0 Å². The van der Waals surface area contributed by atoms with Gasteiger partial charge in [0.2, 0.25) is 0 Å². The van der Waals surface area contributed by atoms with Crippen LogP contribution in [0.4, 0.5) is 0 Å². The lowest BCUT2D eigenvalue weighted by Gasteiger charge is -2.22. The Morgan fingerprint density at radius 1 is 1.14 bits per heavy atom. The highest BCUT2D eigenvalue weighted by Gasteiger charge is 2.16. The first kappa shape index (κ1) is 11.6. The first-order valence-corrected chi connectivity index (χ1v) is 5.88. The predicted molar refractivity (Wildman–Crippen MR) is 67.3 cm³/mol. The van der Waals surface area contributed by atoms with Gasteiger partial charge in [0, 0.05) is 0 Å². The molecule has 0 nitrogen and oxygen atoms in total. The Balaban J connectivity index is 2.92. The van der Waals surface area contributed by atoms with Crippen LogP contribution < -0.4 is 0 Å². The van der Waals surface area contributed by atoms with Crippen LogP contribution in [-0.4, -0.2) is 5.75 Å². The van der Waals surface area contributed by atoms with E-state index in [0.29, 0.717) is 0 Å². The maximum Gasteiger partial charge on any atom is -0.00947 e. The molecule has 0 atom stereocenters. The van der Waals surface area contributed by atoms with Gasteiger partial charge in [0.1, 0.15) is 0 Å². The fourth-order valence-electron chi connectivity index (χ4n) is 1.74. The van der Waals surface area contributed by atoms with Crippen molar-refractivity contribution in [2.75, 3.05) is 5.75 Å². The number of hydrogen-bond donors (Lipinski definition) is 1. The van der Waals surface area contributed by atoms with E-state index in [0.717, 1.165) is 18.6 Å². The van der Waals surface area contributed by atoms with Gasteiger partial charge >= 0.3 is 0 Å². The predicted octanol–water partition coefficient (Wildman–Crippen LogP) is 3.85. The van der Waals surface area contributed by atoms with Crippen molar-refractivity contribution in [1.29, 1.82) is 0 Å². The molecule has 14 heavy (non-hydrogen) atoms. The van der Waals surface area contributed by atoms with Crippen molar-refractivity contribution < 1.29 is 0 Å². The fourth-order valence-corrected chi connectivity index (χ4v) is 1.90. The van der Waals surface area contributed by atoms with E-state index >= 15 is 0 Å². The van der Waals surface area contributed by atoms with Gasteiger partial charge in [-0.25, -0.2) is 0 Å². The molecule has 0 heterocycles. The average Bonchev–Trinajstić information content (AvgIpc) is 2.14. The number of rotatable bonds is 3. The Kier molecular flexibility index (Phi) is 4.06. The van der Waals surface area contributed by atoms with Gasteiger partial charge in [-0.1, -0.05) is 45.0 Å². The van der Waals surface area contributed by atoms with Gasteiger partial charge in [0.05, 0.1) is 0 Å². The van der Waals surface area contributed by atoms with Crippen LogP contribution in [0.2, 0.25) is 0 Å². The third-order valence-corrected chi connectivity index (χ3v) is 2.75. The van der Waals surface area contributed by atoms with E-state index in [9.17, 15) is 0 Å². The maximum absolute atomic E-state index is 4.26. The lowest BCUT2D eigenvalue weighted by molar-refractivity contribution is 0.581. The number of aryl methyl sites for hydroxylation is 1. The molecule has 0 aromatic heterocycles. The summed E-state index contributed by atoms with van der Waals surface area (Å²) in [4.78, 5) is 0. The highest BCUT2D eigenvalue weighted by molar-refractivity contribution is 7.80. The molecule has 0 saturated carbocycles. The van der Waals surface area contributed by atoms with Gasteiger partial charge in [0.25, 0.3) is 0 Å². The molecule has 1 rings (SSSR count). The Morgan fingerprint density at radius 3 is 2.36 bits per heavy atom. The third-order valence-electron chi connectivity index (χ3n) is 2.43. The summed E-state index contributed by atoms with van der Waals surface area (Å²) in [6.07, 6.45) is 2.31. The molecule has 0 spiro atoms. The largest absolute Gasteiger partial charge is 0.179 e. The lowest BCUT2D eigenvalue weighted by Crippen LogP contribution is -2.14. The minimum atomic E-state index is 0.257. The monoisotopic (exact) mass is 208 g/mol. The molecule has 0 radical (unpaired) electrons. The molecule has 0 N–H and O–H groups in total. The van der Waals surface area contributed by atoms with Crippen molar-refractivity contribution >= 4 is 12.6 Å². The summed E-state index contributed by atoms with van der Waals surface area (Å²) >= 11 is 4.26. The van der Waals surface area contributed by atoms with E-state index in [4.69, 9.17) is 0 Å². The molecule has 78 valence electrons. The van der Waals surface area contributed by atoms with Crippen molar-refractivity contribution in [3.8, 4) is 0 Å². The van der Waals surface area contributed by atoms with Gasteiger partial charge in [-0.3, -0.25) is 0 Å². The second kappa shape index (κ2) is 4.88. The van der Waals surface area contributed by atoms with Gasteiger partial charge < -0.3 is 0 Å². The molecule has 0 amide bonds. The number of benzene rings is 1. The first-order chi connectivity index (χ1) is 6.55. The molecule has 1 aromatic rings. The van der Waals surface area contributed by atoms with Gasteiger partial charge in [-0.15, -0.1) is 0 Å². The second-order valence-corrected chi connectivity index (χ2v) is 5.18. The van der Waals surface area contributed by atoms with E-state index in [-0.39, 0.29) is 5.41 Å². The third kappa shape index (κ3) is 3.06. The standard InChI is InChI=1S/C13H20S/c1-13(2,3)12-9-5-4-7-11(12)8-6-10-14/h4-5,7,9,14H,6,8,10H2,1-3H3. The van der Waals surface area contributed by atoms with Crippen LogP contribution in [-0.2, 0) is 11.8 Å². The molecular weight excluding hydrogens is 188 g/mol. The minimum absolute atomic E-state index is 0.257. The molecule has 0 aliphatic carbocycles. The lowest BCUT2D eigenvalue weighted by atomic mass is 9.83. The molecule has 0 aliphatic heterocycles. The summed E-state index contributed by atoms with van der Waals surface area (Å²) < 4.78 is 0. The maximum atomic E-state index is 4.26. The number of hydrogen-bond acceptors (Lipinski definition) is 1. The Labute approximate surface area is 93.1 Å². The van der Waals surface area contributed by atoms with Crippen molar-refractivity contribution in [1.82, 2.24) is 0 Å². The van der Waals surface area contributed by atoms with Crippen LogP contribution in [0, 0.1) is 0 Å². The molecule has 0 saturated heterocycles. The Morgan fingerprint density at radius 2 is 1.79 bits per heavy atom. The highest BCUT2D eigenvalue weighted by Crippen LogP contribution is 2.26. The fraction of sp³-hybridized carbons (Fsp3) is 0.538. The Hall–Kier alpha value is -0.430. The zero-order valence-electron chi connectivity index (χ0n) is 9.38. The molecule has 1 aromatic carbocycles. The zero-order valence-corrected chi connectivity index (χ0v) is 10.3. The number of thiol groups is 1. The smallest absolute Gasteiger partial charge is 0.00947 e. The van der Waals surface area contributed by atoms with E-state index < -0.39 is 0 Å². The van der Waals surface area contributed by atoms with E-state index in [1.807, 2.05) is 0 Å². The zero-order chi connectivity index (χ0) is 10.6. The molecule has 0 fully saturated rings. The minimum Gasteiger partial charge on any atom is -0.179 e. The van der Waals surface area contributed by atoms with E-state index in [2.05, 4.69) is 57.7 Å². The second-order valence-electron chi connectivity index (χ2n) is 4.73. The van der Waals surface area contributed by atoms with Crippen molar-refractivity contribution in [3.05, 3.63) is 35.4 Å². The van der Waals surface area contributed by atoms with Crippen LogP contribution in [0.15, 0.2) is 24.3 Å². The molecule has 0 aliphatic rings. The topological polar surface area (TPSA) is 0 Å². The Bertz CT molecular complexity index is 284. The van der Waals surface area contributed by atoms with Crippen LogP contribution in [0.1, 0.15) is 38.3 Å². The quantitative estimate of drug-likeness (QED) is 0.717. The summed E-state index contributed by atoms with van der Waals surface area (Å²) in [6, 6.07) is 8.74. The summed E-state index contributed by atoms with van der Waals surface area (Å²) in [5.41, 5.74) is 3.21.